The number of phenolic OH excluding ortho intramolecular Hbond substituents is 1. The van der Waals surface area contributed by atoms with E-state index < -0.39 is 0 Å². The van der Waals surface area contributed by atoms with E-state index >= 15 is 0 Å². The van der Waals surface area contributed by atoms with Gasteiger partial charge in [-0.15, -0.1) is 0 Å². The SMILES string of the molecule is CCOc1cc(CN[C@@H]2COC[C@H]2Cc2cc(C)no2)ccc1O. The number of phenols is 1. The summed E-state index contributed by atoms with van der Waals surface area (Å²) < 4.78 is 16.4. The fraction of sp³-hybridized carbons (Fsp3) is 0.500. The number of aromatic hydroxyl groups is 1. The summed E-state index contributed by atoms with van der Waals surface area (Å²) in [6, 6.07) is 7.68. The first-order valence-corrected chi connectivity index (χ1v) is 8.33. The van der Waals surface area contributed by atoms with Crippen molar-refractivity contribution in [1.82, 2.24) is 10.5 Å². The summed E-state index contributed by atoms with van der Waals surface area (Å²) in [5.74, 6) is 1.95. The molecule has 1 fully saturated rings. The van der Waals surface area contributed by atoms with Gasteiger partial charge in [-0.25, -0.2) is 0 Å². The second-order valence-corrected chi connectivity index (χ2v) is 6.16. The molecule has 2 aromatic rings. The summed E-state index contributed by atoms with van der Waals surface area (Å²) in [6.45, 7) is 6.45. The molecule has 0 saturated carbocycles. The van der Waals surface area contributed by atoms with Crippen LogP contribution >= 0.6 is 0 Å². The molecule has 0 bridgehead atoms. The minimum Gasteiger partial charge on any atom is -0.504 e. The Hall–Kier alpha value is -2.05. The number of benzene rings is 1. The Morgan fingerprint density at radius 1 is 1.33 bits per heavy atom. The lowest BCUT2D eigenvalue weighted by molar-refractivity contribution is 0.181. The molecule has 0 amide bonds. The summed E-state index contributed by atoms with van der Waals surface area (Å²) in [5, 5.41) is 17.3. The lowest BCUT2D eigenvalue weighted by Gasteiger charge is -2.18. The van der Waals surface area contributed by atoms with E-state index in [-0.39, 0.29) is 11.8 Å². The van der Waals surface area contributed by atoms with Crippen molar-refractivity contribution >= 4 is 0 Å². The minimum absolute atomic E-state index is 0.170. The van der Waals surface area contributed by atoms with Crippen LogP contribution in [0.4, 0.5) is 0 Å². The zero-order valence-corrected chi connectivity index (χ0v) is 14.1. The largest absolute Gasteiger partial charge is 0.504 e. The quantitative estimate of drug-likeness (QED) is 0.811. The minimum atomic E-state index is 0.170. The van der Waals surface area contributed by atoms with Crippen molar-refractivity contribution in [3.63, 3.8) is 0 Å². The fourth-order valence-electron chi connectivity index (χ4n) is 2.98. The predicted molar refractivity (Wildman–Crippen MR) is 89.2 cm³/mol. The van der Waals surface area contributed by atoms with Gasteiger partial charge in [0, 0.05) is 31.0 Å². The summed E-state index contributed by atoms with van der Waals surface area (Å²) in [5.41, 5.74) is 1.97. The lowest BCUT2D eigenvalue weighted by Crippen LogP contribution is -2.36. The van der Waals surface area contributed by atoms with Crippen molar-refractivity contribution in [1.29, 1.82) is 0 Å². The first kappa shape index (κ1) is 16.8. The van der Waals surface area contributed by atoms with Crippen LogP contribution in [-0.2, 0) is 17.7 Å². The van der Waals surface area contributed by atoms with Gasteiger partial charge in [0.05, 0.1) is 25.5 Å². The van der Waals surface area contributed by atoms with Crippen LogP contribution in [0.5, 0.6) is 11.5 Å². The molecule has 0 radical (unpaired) electrons. The standard InChI is InChI=1S/C18H24N2O4/c1-3-23-18-7-13(4-5-17(18)21)9-19-16-11-22-10-14(16)8-15-6-12(2)20-24-15/h4-7,14,16,19,21H,3,8-11H2,1-2H3/t14-,16-/m1/s1. The van der Waals surface area contributed by atoms with Crippen LogP contribution in [0.15, 0.2) is 28.8 Å². The number of aryl methyl sites for hydroxylation is 1. The van der Waals surface area contributed by atoms with Crippen LogP contribution in [0.1, 0.15) is 23.9 Å². The van der Waals surface area contributed by atoms with Gasteiger partial charge in [-0.1, -0.05) is 11.2 Å². The second-order valence-electron chi connectivity index (χ2n) is 6.16. The smallest absolute Gasteiger partial charge is 0.161 e. The van der Waals surface area contributed by atoms with Crippen molar-refractivity contribution in [2.75, 3.05) is 19.8 Å². The highest BCUT2D eigenvalue weighted by Gasteiger charge is 2.29. The Morgan fingerprint density at radius 3 is 2.96 bits per heavy atom. The molecular formula is C18H24N2O4. The molecule has 1 aliphatic rings. The van der Waals surface area contributed by atoms with Crippen molar-refractivity contribution in [3.8, 4) is 11.5 Å². The Balaban J connectivity index is 1.58. The van der Waals surface area contributed by atoms with Crippen molar-refractivity contribution < 1.29 is 19.1 Å². The number of ether oxygens (including phenoxy) is 2. The van der Waals surface area contributed by atoms with Gasteiger partial charge in [0.15, 0.2) is 11.5 Å². The highest BCUT2D eigenvalue weighted by atomic mass is 16.5. The number of hydrogen-bond donors (Lipinski definition) is 2. The molecule has 2 heterocycles. The molecule has 24 heavy (non-hydrogen) atoms. The van der Waals surface area contributed by atoms with E-state index in [0.717, 1.165) is 30.0 Å². The monoisotopic (exact) mass is 332 g/mol. The maximum Gasteiger partial charge on any atom is 0.161 e. The van der Waals surface area contributed by atoms with Gasteiger partial charge in [0.25, 0.3) is 0 Å². The van der Waals surface area contributed by atoms with E-state index in [1.54, 1.807) is 6.07 Å². The average molecular weight is 332 g/mol. The molecule has 1 saturated heterocycles. The predicted octanol–water partition coefficient (Wildman–Crippen LogP) is 2.43. The molecule has 6 nitrogen and oxygen atoms in total. The third kappa shape index (κ3) is 4.07. The third-order valence-electron chi connectivity index (χ3n) is 4.23. The van der Waals surface area contributed by atoms with E-state index in [0.29, 0.717) is 31.4 Å². The van der Waals surface area contributed by atoms with Gasteiger partial charge in [-0.2, -0.15) is 0 Å². The van der Waals surface area contributed by atoms with Gasteiger partial charge in [-0.3, -0.25) is 0 Å². The topological polar surface area (TPSA) is 76.8 Å². The molecule has 0 aliphatic carbocycles. The van der Waals surface area contributed by atoms with Crippen LogP contribution < -0.4 is 10.1 Å². The van der Waals surface area contributed by atoms with E-state index in [1.165, 1.54) is 0 Å². The molecule has 0 spiro atoms. The van der Waals surface area contributed by atoms with E-state index in [2.05, 4.69) is 10.5 Å². The fourth-order valence-corrected chi connectivity index (χ4v) is 2.98. The molecule has 1 aromatic heterocycles. The molecule has 0 unspecified atom stereocenters. The second kappa shape index (κ2) is 7.68. The van der Waals surface area contributed by atoms with Gasteiger partial charge in [0.2, 0.25) is 0 Å². The molecule has 130 valence electrons. The summed E-state index contributed by atoms with van der Waals surface area (Å²) in [6.07, 6.45) is 0.818. The number of hydrogen-bond acceptors (Lipinski definition) is 6. The third-order valence-corrected chi connectivity index (χ3v) is 4.23. The lowest BCUT2D eigenvalue weighted by atomic mass is 9.98. The summed E-state index contributed by atoms with van der Waals surface area (Å²) in [7, 11) is 0. The normalized spacial score (nSPS) is 20.4. The Morgan fingerprint density at radius 2 is 2.21 bits per heavy atom. The zero-order chi connectivity index (χ0) is 16.9. The van der Waals surface area contributed by atoms with Gasteiger partial charge >= 0.3 is 0 Å². The van der Waals surface area contributed by atoms with Crippen LogP contribution in [0.2, 0.25) is 0 Å². The highest BCUT2D eigenvalue weighted by molar-refractivity contribution is 5.41. The molecule has 6 heteroatoms. The Labute approximate surface area is 141 Å². The maximum atomic E-state index is 9.77. The number of rotatable bonds is 7. The van der Waals surface area contributed by atoms with Crippen LogP contribution in [0.3, 0.4) is 0 Å². The molecular weight excluding hydrogens is 308 g/mol. The number of aromatic nitrogens is 1. The van der Waals surface area contributed by atoms with Gasteiger partial charge in [0.1, 0.15) is 5.76 Å². The zero-order valence-electron chi connectivity index (χ0n) is 14.1. The van der Waals surface area contributed by atoms with Crippen molar-refractivity contribution in [2.45, 2.75) is 32.9 Å². The van der Waals surface area contributed by atoms with Crippen LogP contribution in [0.25, 0.3) is 0 Å². The van der Waals surface area contributed by atoms with E-state index in [4.69, 9.17) is 14.0 Å². The molecule has 1 aromatic carbocycles. The molecule has 3 rings (SSSR count). The maximum absolute atomic E-state index is 9.77. The average Bonchev–Trinajstić information content (AvgIpc) is 3.18. The molecule has 2 N–H and O–H groups in total. The highest BCUT2D eigenvalue weighted by Crippen LogP contribution is 2.27. The van der Waals surface area contributed by atoms with Crippen molar-refractivity contribution in [3.05, 3.63) is 41.3 Å². The van der Waals surface area contributed by atoms with Crippen LogP contribution in [0, 0.1) is 12.8 Å². The molecule has 2 atom stereocenters. The van der Waals surface area contributed by atoms with Gasteiger partial charge in [-0.05, 0) is 31.5 Å². The van der Waals surface area contributed by atoms with Crippen LogP contribution in [-0.4, -0.2) is 36.1 Å². The molecule has 1 aliphatic heterocycles. The van der Waals surface area contributed by atoms with Gasteiger partial charge < -0.3 is 24.4 Å². The van der Waals surface area contributed by atoms with Crippen molar-refractivity contribution in [2.24, 2.45) is 5.92 Å². The Bertz CT molecular complexity index is 671. The van der Waals surface area contributed by atoms with E-state index in [9.17, 15) is 5.11 Å². The first-order chi connectivity index (χ1) is 11.7. The number of nitrogens with one attached hydrogen (secondary N) is 1. The number of nitrogens with zero attached hydrogens (tertiary/aromatic N) is 1. The Kier molecular flexibility index (Phi) is 5.37. The van der Waals surface area contributed by atoms with E-state index in [1.807, 2.05) is 32.0 Å². The first-order valence-electron chi connectivity index (χ1n) is 8.33. The summed E-state index contributed by atoms with van der Waals surface area (Å²) >= 11 is 0. The summed E-state index contributed by atoms with van der Waals surface area (Å²) in [4.78, 5) is 0.